The highest BCUT2D eigenvalue weighted by Crippen LogP contribution is 2.28. The SMILES string of the molecule is Cc1nc(CC(O)C(O)C2CCCCC2)cs1. The average Bonchev–Trinajstić information content (AvgIpc) is 2.75. The molecule has 2 rings (SSSR count). The first kappa shape index (κ1) is 13.0. The minimum Gasteiger partial charge on any atom is -0.390 e. The number of aromatic nitrogens is 1. The van der Waals surface area contributed by atoms with Crippen molar-refractivity contribution in [1.82, 2.24) is 4.98 Å². The van der Waals surface area contributed by atoms with Crippen LogP contribution in [0, 0.1) is 12.8 Å². The van der Waals surface area contributed by atoms with Gasteiger partial charge in [0.05, 0.1) is 22.9 Å². The van der Waals surface area contributed by atoms with Gasteiger partial charge in [-0.15, -0.1) is 11.3 Å². The minimum atomic E-state index is -0.667. The average molecular weight is 255 g/mol. The van der Waals surface area contributed by atoms with E-state index in [0.717, 1.165) is 23.5 Å². The third-order valence-corrected chi connectivity index (χ3v) is 4.43. The largest absolute Gasteiger partial charge is 0.390 e. The molecule has 0 saturated heterocycles. The zero-order chi connectivity index (χ0) is 12.3. The Balaban J connectivity index is 1.87. The number of aliphatic hydroxyl groups excluding tert-OH is 2. The highest BCUT2D eigenvalue weighted by Gasteiger charge is 2.28. The third-order valence-electron chi connectivity index (χ3n) is 3.61. The predicted octanol–water partition coefficient (Wildman–Crippen LogP) is 2.30. The molecule has 2 atom stereocenters. The van der Waals surface area contributed by atoms with Gasteiger partial charge in [0.2, 0.25) is 0 Å². The van der Waals surface area contributed by atoms with E-state index in [1.165, 1.54) is 19.3 Å². The first-order chi connectivity index (χ1) is 8.16. The van der Waals surface area contributed by atoms with E-state index in [0.29, 0.717) is 6.42 Å². The fourth-order valence-electron chi connectivity index (χ4n) is 2.63. The molecule has 4 heteroatoms. The van der Waals surface area contributed by atoms with Crippen molar-refractivity contribution in [2.24, 2.45) is 5.92 Å². The lowest BCUT2D eigenvalue weighted by molar-refractivity contribution is -0.0267. The highest BCUT2D eigenvalue weighted by atomic mass is 32.1. The standard InChI is InChI=1S/C13H21NO2S/c1-9-14-11(8-17-9)7-12(15)13(16)10-5-3-2-4-6-10/h8,10,12-13,15-16H,2-7H2,1H3. The van der Waals surface area contributed by atoms with Gasteiger partial charge >= 0.3 is 0 Å². The lowest BCUT2D eigenvalue weighted by Crippen LogP contribution is -2.36. The van der Waals surface area contributed by atoms with Crippen LogP contribution in [-0.4, -0.2) is 27.4 Å². The van der Waals surface area contributed by atoms with Crippen LogP contribution in [-0.2, 0) is 6.42 Å². The van der Waals surface area contributed by atoms with Crippen molar-refractivity contribution in [1.29, 1.82) is 0 Å². The fourth-order valence-corrected chi connectivity index (χ4v) is 3.25. The summed E-state index contributed by atoms with van der Waals surface area (Å²) in [6.07, 6.45) is 4.96. The molecule has 96 valence electrons. The maximum absolute atomic E-state index is 10.1. The second-order valence-corrected chi connectivity index (χ2v) is 6.08. The van der Waals surface area contributed by atoms with Gasteiger partial charge < -0.3 is 10.2 Å². The van der Waals surface area contributed by atoms with E-state index in [2.05, 4.69) is 4.98 Å². The molecule has 1 aliphatic carbocycles. The maximum atomic E-state index is 10.1. The second kappa shape index (κ2) is 5.94. The van der Waals surface area contributed by atoms with Gasteiger partial charge in [0.1, 0.15) is 0 Å². The topological polar surface area (TPSA) is 53.4 Å². The lowest BCUT2D eigenvalue weighted by Gasteiger charge is -2.29. The van der Waals surface area contributed by atoms with Gasteiger partial charge in [0.15, 0.2) is 0 Å². The molecule has 0 aliphatic heterocycles. The van der Waals surface area contributed by atoms with Crippen LogP contribution in [0.15, 0.2) is 5.38 Å². The van der Waals surface area contributed by atoms with Crippen molar-refractivity contribution >= 4 is 11.3 Å². The van der Waals surface area contributed by atoms with Crippen molar-refractivity contribution in [2.45, 2.75) is 57.7 Å². The Morgan fingerprint density at radius 1 is 1.35 bits per heavy atom. The molecule has 0 spiro atoms. The van der Waals surface area contributed by atoms with Crippen molar-refractivity contribution in [2.75, 3.05) is 0 Å². The number of aryl methyl sites for hydroxylation is 1. The summed E-state index contributed by atoms with van der Waals surface area (Å²) in [5.74, 6) is 0.276. The first-order valence-electron chi connectivity index (χ1n) is 6.44. The highest BCUT2D eigenvalue weighted by molar-refractivity contribution is 7.09. The van der Waals surface area contributed by atoms with Gasteiger partial charge in [-0.05, 0) is 25.7 Å². The summed E-state index contributed by atoms with van der Waals surface area (Å²) in [4.78, 5) is 4.33. The Labute approximate surface area is 107 Å². The Morgan fingerprint density at radius 3 is 2.65 bits per heavy atom. The molecule has 1 aromatic rings. The van der Waals surface area contributed by atoms with Crippen molar-refractivity contribution in [3.05, 3.63) is 16.1 Å². The van der Waals surface area contributed by atoms with E-state index in [-0.39, 0.29) is 5.92 Å². The van der Waals surface area contributed by atoms with Crippen LogP contribution in [0.4, 0.5) is 0 Å². The molecule has 3 nitrogen and oxygen atoms in total. The minimum absolute atomic E-state index is 0.276. The van der Waals surface area contributed by atoms with Crippen molar-refractivity contribution in [3.63, 3.8) is 0 Å². The lowest BCUT2D eigenvalue weighted by atomic mass is 9.82. The monoisotopic (exact) mass is 255 g/mol. The summed E-state index contributed by atoms with van der Waals surface area (Å²) >= 11 is 1.59. The normalized spacial score (nSPS) is 21.4. The van der Waals surface area contributed by atoms with Crippen molar-refractivity contribution < 1.29 is 10.2 Å². The molecule has 1 aromatic heterocycles. The summed E-state index contributed by atoms with van der Waals surface area (Å²) in [6.45, 7) is 1.96. The molecule has 0 amide bonds. The van der Waals surface area contributed by atoms with Gasteiger partial charge in [0.25, 0.3) is 0 Å². The molecular weight excluding hydrogens is 234 g/mol. The van der Waals surface area contributed by atoms with Crippen LogP contribution < -0.4 is 0 Å². The molecule has 17 heavy (non-hydrogen) atoms. The third kappa shape index (κ3) is 3.50. The van der Waals surface area contributed by atoms with Gasteiger partial charge in [-0.25, -0.2) is 4.98 Å². The van der Waals surface area contributed by atoms with Crippen LogP contribution in [0.1, 0.15) is 42.8 Å². The summed E-state index contributed by atoms with van der Waals surface area (Å²) in [5, 5.41) is 23.2. The van der Waals surface area contributed by atoms with E-state index in [9.17, 15) is 10.2 Å². The molecular formula is C13H21NO2S. The molecule has 0 radical (unpaired) electrons. The second-order valence-electron chi connectivity index (χ2n) is 5.02. The Morgan fingerprint density at radius 2 is 2.06 bits per heavy atom. The Bertz CT molecular complexity index is 347. The van der Waals surface area contributed by atoms with E-state index in [1.807, 2.05) is 12.3 Å². The smallest absolute Gasteiger partial charge is 0.0897 e. The molecule has 1 fully saturated rings. The first-order valence-corrected chi connectivity index (χ1v) is 7.32. The van der Waals surface area contributed by atoms with Crippen LogP contribution in [0.2, 0.25) is 0 Å². The molecule has 2 unspecified atom stereocenters. The Hall–Kier alpha value is -0.450. The predicted molar refractivity (Wildman–Crippen MR) is 69.1 cm³/mol. The molecule has 1 heterocycles. The zero-order valence-corrected chi connectivity index (χ0v) is 11.1. The van der Waals surface area contributed by atoms with Gasteiger partial charge in [-0.2, -0.15) is 0 Å². The number of aliphatic hydroxyl groups is 2. The summed E-state index contributed by atoms with van der Waals surface area (Å²) in [7, 11) is 0. The molecule has 1 saturated carbocycles. The summed E-state index contributed by atoms with van der Waals surface area (Å²) in [6, 6.07) is 0. The van der Waals surface area contributed by atoms with Gasteiger partial charge in [0, 0.05) is 11.8 Å². The van der Waals surface area contributed by atoms with E-state index < -0.39 is 12.2 Å². The molecule has 2 N–H and O–H groups in total. The van der Waals surface area contributed by atoms with Crippen LogP contribution in [0.3, 0.4) is 0 Å². The van der Waals surface area contributed by atoms with Crippen LogP contribution in [0.25, 0.3) is 0 Å². The summed E-state index contributed by atoms with van der Waals surface area (Å²) < 4.78 is 0. The number of nitrogens with zero attached hydrogens (tertiary/aromatic N) is 1. The number of rotatable bonds is 4. The number of thiazole rings is 1. The number of hydrogen-bond donors (Lipinski definition) is 2. The van der Waals surface area contributed by atoms with E-state index >= 15 is 0 Å². The fraction of sp³-hybridized carbons (Fsp3) is 0.769. The van der Waals surface area contributed by atoms with E-state index in [1.54, 1.807) is 11.3 Å². The molecule has 0 bridgehead atoms. The number of hydrogen-bond acceptors (Lipinski definition) is 4. The van der Waals surface area contributed by atoms with E-state index in [4.69, 9.17) is 0 Å². The Kier molecular flexibility index (Phi) is 4.54. The van der Waals surface area contributed by atoms with Crippen molar-refractivity contribution in [3.8, 4) is 0 Å². The zero-order valence-electron chi connectivity index (χ0n) is 10.3. The van der Waals surface area contributed by atoms with Gasteiger partial charge in [-0.1, -0.05) is 19.3 Å². The van der Waals surface area contributed by atoms with Gasteiger partial charge in [-0.3, -0.25) is 0 Å². The quantitative estimate of drug-likeness (QED) is 0.868. The maximum Gasteiger partial charge on any atom is 0.0897 e. The molecule has 0 aromatic carbocycles. The summed E-state index contributed by atoms with van der Waals surface area (Å²) in [5.41, 5.74) is 0.898. The molecule has 1 aliphatic rings. The van der Waals surface area contributed by atoms with Crippen LogP contribution in [0.5, 0.6) is 0 Å². The van der Waals surface area contributed by atoms with Crippen LogP contribution >= 0.6 is 11.3 Å².